The van der Waals surface area contributed by atoms with Gasteiger partial charge in [-0.1, -0.05) is 34.1 Å². The number of halogens is 2. The number of nitrogens with zero attached hydrogens (tertiary/aromatic N) is 4. The third-order valence-electron chi connectivity index (χ3n) is 7.16. The lowest BCUT2D eigenvalue weighted by atomic mass is 9.89. The average Bonchev–Trinajstić information content (AvgIpc) is 3.53. The topological polar surface area (TPSA) is 71.6 Å². The number of imidazole rings is 1. The highest BCUT2D eigenvalue weighted by molar-refractivity contribution is 9.10. The number of fused-ring (bicyclic) bond motifs is 2. The molecule has 1 aliphatic heterocycles. The van der Waals surface area contributed by atoms with Gasteiger partial charge in [0, 0.05) is 47.2 Å². The molecular weight excluding hydrogens is 549 g/mol. The Morgan fingerprint density at radius 1 is 1.03 bits per heavy atom. The maximum atomic E-state index is 13.9. The van der Waals surface area contributed by atoms with E-state index >= 15 is 0 Å². The summed E-state index contributed by atoms with van der Waals surface area (Å²) < 4.78 is 18.4. The predicted octanol–water partition coefficient (Wildman–Crippen LogP) is 5.85. The van der Waals surface area contributed by atoms with Crippen molar-refractivity contribution in [3.63, 3.8) is 0 Å². The van der Waals surface area contributed by atoms with E-state index < -0.39 is 0 Å². The summed E-state index contributed by atoms with van der Waals surface area (Å²) in [6.45, 7) is 1.45. The molecule has 5 aromatic rings. The first kappa shape index (κ1) is 24.4. The summed E-state index contributed by atoms with van der Waals surface area (Å²) in [5.74, 6) is -0.164. The van der Waals surface area contributed by atoms with Gasteiger partial charge in [-0.3, -0.25) is 9.59 Å². The highest BCUT2D eigenvalue weighted by atomic mass is 79.9. The Hall–Kier alpha value is -3.98. The molecule has 4 heterocycles. The number of hydrogen-bond donors (Lipinski definition) is 1. The van der Waals surface area contributed by atoms with E-state index in [1.54, 1.807) is 35.2 Å². The summed E-state index contributed by atoms with van der Waals surface area (Å²) in [6, 6.07) is 18.2. The Morgan fingerprint density at radius 2 is 1.82 bits per heavy atom. The summed E-state index contributed by atoms with van der Waals surface area (Å²) in [7, 11) is 0. The first-order valence-electron chi connectivity index (χ1n) is 12.5. The van der Waals surface area contributed by atoms with E-state index in [9.17, 15) is 14.0 Å². The van der Waals surface area contributed by atoms with Crippen LogP contribution < -0.4 is 5.32 Å². The molecule has 0 bridgehead atoms. The molecule has 1 N–H and O–H groups in total. The van der Waals surface area contributed by atoms with Crippen LogP contribution in [-0.2, 0) is 11.3 Å². The highest BCUT2D eigenvalue weighted by Gasteiger charge is 2.26. The molecule has 0 unspecified atom stereocenters. The second-order valence-electron chi connectivity index (χ2n) is 9.59. The molecule has 1 fully saturated rings. The van der Waals surface area contributed by atoms with E-state index in [1.165, 1.54) is 11.6 Å². The number of piperidine rings is 1. The van der Waals surface area contributed by atoms with Crippen molar-refractivity contribution in [1.82, 2.24) is 18.9 Å². The van der Waals surface area contributed by atoms with E-state index in [0.717, 1.165) is 23.0 Å². The Balaban J connectivity index is 1.04. The van der Waals surface area contributed by atoms with E-state index in [2.05, 4.69) is 26.2 Å². The normalized spacial score (nSPS) is 14.3. The summed E-state index contributed by atoms with van der Waals surface area (Å²) in [6.07, 6.45) is 7.12. The minimum atomic E-state index is -0.295. The van der Waals surface area contributed by atoms with Crippen molar-refractivity contribution in [2.45, 2.75) is 25.3 Å². The van der Waals surface area contributed by atoms with Crippen molar-refractivity contribution in [2.24, 2.45) is 0 Å². The molecule has 0 atom stereocenters. The van der Waals surface area contributed by atoms with Crippen molar-refractivity contribution in [3.05, 3.63) is 101 Å². The Bertz CT molecular complexity index is 1650. The summed E-state index contributed by atoms with van der Waals surface area (Å²) in [5.41, 5.74) is 3.79. The number of rotatable bonds is 5. The first-order valence-corrected chi connectivity index (χ1v) is 13.3. The van der Waals surface area contributed by atoms with E-state index in [1.807, 2.05) is 51.9 Å². The number of carbonyl (C=O) groups is 2. The minimum absolute atomic E-state index is 0.0421. The fourth-order valence-corrected chi connectivity index (χ4v) is 5.48. The van der Waals surface area contributed by atoms with Crippen LogP contribution in [0.2, 0.25) is 0 Å². The van der Waals surface area contributed by atoms with Crippen molar-refractivity contribution in [3.8, 4) is 0 Å². The summed E-state index contributed by atoms with van der Waals surface area (Å²) in [4.78, 5) is 32.0. The quantitative estimate of drug-likeness (QED) is 0.287. The molecule has 192 valence electrons. The number of aromatic nitrogens is 3. The molecule has 0 aliphatic carbocycles. The first-order chi connectivity index (χ1) is 18.4. The molecule has 3 aromatic heterocycles. The summed E-state index contributed by atoms with van der Waals surface area (Å²) in [5, 5.41) is 3.43. The number of nitrogens with one attached hydrogen (secondary N) is 1. The lowest BCUT2D eigenvalue weighted by molar-refractivity contribution is -0.116. The molecule has 2 aromatic carbocycles. The molecule has 0 saturated carbocycles. The molecule has 2 amide bonds. The van der Waals surface area contributed by atoms with Crippen molar-refractivity contribution in [2.75, 3.05) is 18.4 Å². The molecule has 1 aliphatic rings. The zero-order valence-electron chi connectivity index (χ0n) is 20.5. The number of pyridine rings is 1. The second-order valence-corrected chi connectivity index (χ2v) is 10.5. The van der Waals surface area contributed by atoms with Gasteiger partial charge in [0.15, 0.2) is 0 Å². The molecule has 0 spiro atoms. The maximum absolute atomic E-state index is 13.9. The van der Waals surface area contributed by atoms with Crippen LogP contribution in [0.15, 0.2) is 83.7 Å². The largest absolute Gasteiger partial charge is 0.338 e. The molecule has 7 nitrogen and oxygen atoms in total. The molecule has 38 heavy (non-hydrogen) atoms. The van der Waals surface area contributed by atoms with Gasteiger partial charge in [-0.05, 0) is 66.8 Å². The van der Waals surface area contributed by atoms with Crippen LogP contribution in [0.5, 0.6) is 0 Å². The number of likely N-dealkylation sites (tertiary alicyclic amines) is 1. The average molecular weight is 574 g/mol. The second kappa shape index (κ2) is 10.1. The van der Waals surface area contributed by atoms with Crippen molar-refractivity contribution >= 4 is 50.0 Å². The van der Waals surface area contributed by atoms with Crippen LogP contribution in [0, 0.1) is 5.82 Å². The van der Waals surface area contributed by atoms with Crippen LogP contribution in [0.1, 0.15) is 34.8 Å². The van der Waals surface area contributed by atoms with Gasteiger partial charge >= 0.3 is 0 Å². The third kappa shape index (κ3) is 4.81. The number of benzene rings is 2. The number of anilines is 1. The van der Waals surface area contributed by atoms with Gasteiger partial charge in [-0.25, -0.2) is 9.37 Å². The zero-order valence-corrected chi connectivity index (χ0v) is 22.1. The smallest absolute Gasteiger partial charge is 0.274 e. The zero-order chi connectivity index (χ0) is 26.2. The monoisotopic (exact) mass is 573 g/mol. The van der Waals surface area contributed by atoms with Crippen molar-refractivity contribution < 1.29 is 14.0 Å². The Morgan fingerprint density at radius 3 is 2.61 bits per heavy atom. The number of hydrogen-bond acceptors (Lipinski definition) is 3. The molecule has 0 radical (unpaired) electrons. The van der Waals surface area contributed by atoms with Crippen LogP contribution in [0.3, 0.4) is 0 Å². The minimum Gasteiger partial charge on any atom is -0.338 e. The Kier molecular flexibility index (Phi) is 6.45. The molecular formula is C29H25BrFN5O2. The Labute approximate surface area is 227 Å². The standard InChI is InChI=1S/C29H25BrFN5O2/c30-21-10-14-36-17-25(33-27(36)16-21)29(38)34-12-8-20(9-13-34)19-4-6-22(7-5-19)32-28(37)18-35-15-11-23-24(31)2-1-3-26(23)35/h1-7,10-11,14-17,20H,8-9,12-13,18H2,(H,32,37). The molecule has 1 saturated heterocycles. The fraction of sp³-hybridized carbons (Fsp3) is 0.207. The van der Waals surface area contributed by atoms with Crippen molar-refractivity contribution in [1.29, 1.82) is 0 Å². The number of carbonyl (C=O) groups excluding carboxylic acids is 2. The van der Waals surface area contributed by atoms with E-state index in [4.69, 9.17) is 0 Å². The van der Waals surface area contributed by atoms with Gasteiger partial charge in [0.05, 0.1) is 5.52 Å². The maximum Gasteiger partial charge on any atom is 0.274 e. The van der Waals surface area contributed by atoms with Gasteiger partial charge in [-0.2, -0.15) is 0 Å². The van der Waals surface area contributed by atoms with Gasteiger partial charge in [-0.15, -0.1) is 0 Å². The molecule has 9 heteroatoms. The van der Waals surface area contributed by atoms with Crippen LogP contribution >= 0.6 is 15.9 Å². The van der Waals surface area contributed by atoms with E-state index in [0.29, 0.717) is 41.3 Å². The SMILES string of the molecule is O=C(Cn1ccc2c(F)cccc21)Nc1ccc(C2CCN(C(=O)c3cn4ccc(Br)cc4n3)CC2)cc1. The van der Waals surface area contributed by atoms with Gasteiger partial charge in [0.2, 0.25) is 5.91 Å². The molecule has 6 rings (SSSR count). The van der Waals surface area contributed by atoms with Gasteiger partial charge in [0.25, 0.3) is 5.91 Å². The lowest BCUT2D eigenvalue weighted by Gasteiger charge is -2.32. The van der Waals surface area contributed by atoms with Crippen LogP contribution in [0.25, 0.3) is 16.6 Å². The third-order valence-corrected chi connectivity index (χ3v) is 7.66. The van der Waals surface area contributed by atoms with Gasteiger partial charge < -0.3 is 19.2 Å². The summed E-state index contributed by atoms with van der Waals surface area (Å²) >= 11 is 3.44. The fourth-order valence-electron chi connectivity index (χ4n) is 5.16. The number of amides is 2. The highest BCUT2D eigenvalue weighted by Crippen LogP contribution is 2.29. The van der Waals surface area contributed by atoms with Crippen LogP contribution in [-0.4, -0.2) is 43.8 Å². The lowest BCUT2D eigenvalue weighted by Crippen LogP contribution is -2.38. The van der Waals surface area contributed by atoms with Gasteiger partial charge in [0.1, 0.15) is 23.7 Å². The van der Waals surface area contributed by atoms with E-state index in [-0.39, 0.29) is 24.2 Å². The van der Waals surface area contributed by atoms with Crippen LogP contribution in [0.4, 0.5) is 10.1 Å². The predicted molar refractivity (Wildman–Crippen MR) is 148 cm³/mol.